The van der Waals surface area contributed by atoms with Gasteiger partial charge in [-0.15, -0.1) is 0 Å². The van der Waals surface area contributed by atoms with Gasteiger partial charge >= 0.3 is 0 Å². The second-order valence-electron chi connectivity index (χ2n) is 9.29. The van der Waals surface area contributed by atoms with E-state index in [1.807, 2.05) is 37.4 Å². The maximum absolute atomic E-state index is 13.1. The highest BCUT2D eigenvalue weighted by Gasteiger charge is 2.27. The average molecular weight is 510 g/mol. The van der Waals surface area contributed by atoms with Crippen LogP contribution in [-0.4, -0.2) is 28.3 Å². The number of hydrogen-bond donors (Lipinski definition) is 2. The number of carbonyl (C=O) groups is 2. The van der Waals surface area contributed by atoms with Crippen molar-refractivity contribution in [3.05, 3.63) is 90.1 Å². The molecule has 1 atom stereocenters. The zero-order valence-corrected chi connectivity index (χ0v) is 20.6. The van der Waals surface area contributed by atoms with Crippen LogP contribution < -0.4 is 20.3 Å². The number of ether oxygens (including phenoxy) is 1. The summed E-state index contributed by atoms with van der Waals surface area (Å²) < 4.78 is 19.4. The minimum Gasteiger partial charge on any atom is -0.485 e. The van der Waals surface area contributed by atoms with Crippen LogP contribution in [0.25, 0.3) is 11.1 Å². The van der Waals surface area contributed by atoms with Gasteiger partial charge in [0.05, 0.1) is 23.8 Å². The second-order valence-corrected chi connectivity index (χ2v) is 9.29. The predicted octanol–water partition coefficient (Wildman–Crippen LogP) is 5.86. The standard InChI is InChI=1S/C29H24FN5O3/c1-17-24-13-27(33-20-11-21(15-31-14-20)34-29(37)18-4-6-19(30)7-5-18)32-16-25(24)23-9-8-22(12-26(23)38-17)35-10-2-3-28(35)36/h4-9,11-17H,2-3,10H2,1H3,(H,32,33)(H,34,37). The summed E-state index contributed by atoms with van der Waals surface area (Å²) in [7, 11) is 0. The summed E-state index contributed by atoms with van der Waals surface area (Å²) in [6.07, 6.45) is 6.20. The predicted molar refractivity (Wildman–Crippen MR) is 142 cm³/mol. The number of nitrogens with zero attached hydrogens (tertiary/aromatic N) is 3. The molecule has 0 bridgehead atoms. The van der Waals surface area contributed by atoms with Gasteiger partial charge in [-0.25, -0.2) is 9.37 Å². The summed E-state index contributed by atoms with van der Waals surface area (Å²) in [5, 5.41) is 6.01. The van der Waals surface area contributed by atoms with Gasteiger partial charge in [-0.1, -0.05) is 0 Å². The Morgan fingerprint density at radius 3 is 2.63 bits per heavy atom. The van der Waals surface area contributed by atoms with Crippen LogP contribution >= 0.6 is 0 Å². The fraction of sp³-hybridized carbons (Fsp3) is 0.172. The highest BCUT2D eigenvalue weighted by Crippen LogP contribution is 2.44. The monoisotopic (exact) mass is 509 g/mol. The van der Waals surface area contributed by atoms with E-state index in [1.165, 1.54) is 30.5 Å². The first-order chi connectivity index (χ1) is 18.4. The molecule has 2 amide bonds. The molecule has 2 aromatic heterocycles. The van der Waals surface area contributed by atoms with Crippen molar-refractivity contribution in [1.82, 2.24) is 9.97 Å². The third-order valence-electron chi connectivity index (χ3n) is 6.69. The number of benzene rings is 2. The van der Waals surface area contributed by atoms with Crippen molar-refractivity contribution in [2.24, 2.45) is 0 Å². The fourth-order valence-corrected chi connectivity index (χ4v) is 4.80. The number of amides is 2. The summed E-state index contributed by atoms with van der Waals surface area (Å²) in [5.41, 5.74) is 5.20. The van der Waals surface area contributed by atoms with Gasteiger partial charge in [-0.2, -0.15) is 0 Å². The second kappa shape index (κ2) is 9.59. The Bertz CT molecular complexity index is 1560. The van der Waals surface area contributed by atoms with Crippen LogP contribution in [0.5, 0.6) is 5.75 Å². The molecule has 1 saturated heterocycles. The lowest BCUT2D eigenvalue weighted by Gasteiger charge is -2.28. The van der Waals surface area contributed by atoms with Crippen LogP contribution in [0, 0.1) is 5.82 Å². The van der Waals surface area contributed by atoms with E-state index >= 15 is 0 Å². The molecule has 1 unspecified atom stereocenters. The zero-order chi connectivity index (χ0) is 26.2. The minimum atomic E-state index is -0.404. The van der Waals surface area contributed by atoms with Gasteiger partial charge in [-0.3, -0.25) is 14.6 Å². The zero-order valence-electron chi connectivity index (χ0n) is 20.6. The first-order valence-corrected chi connectivity index (χ1v) is 12.3. The third kappa shape index (κ3) is 4.54. The maximum Gasteiger partial charge on any atom is 0.255 e. The molecule has 4 aromatic rings. The normalized spacial score (nSPS) is 15.9. The lowest BCUT2D eigenvalue weighted by molar-refractivity contribution is -0.117. The molecule has 190 valence electrons. The number of hydrogen-bond acceptors (Lipinski definition) is 6. The Kier molecular flexibility index (Phi) is 5.95. The summed E-state index contributed by atoms with van der Waals surface area (Å²) >= 11 is 0. The summed E-state index contributed by atoms with van der Waals surface area (Å²) in [6.45, 7) is 2.71. The molecule has 38 heavy (non-hydrogen) atoms. The number of nitrogens with one attached hydrogen (secondary N) is 2. The number of fused-ring (bicyclic) bond motifs is 3. The van der Waals surface area contributed by atoms with Gasteiger partial charge in [0.25, 0.3) is 5.91 Å². The highest BCUT2D eigenvalue weighted by molar-refractivity contribution is 6.04. The average Bonchev–Trinajstić information content (AvgIpc) is 3.35. The molecular weight excluding hydrogens is 485 g/mol. The molecule has 8 nitrogen and oxygen atoms in total. The van der Waals surface area contributed by atoms with Crippen LogP contribution in [0.1, 0.15) is 41.8 Å². The minimum absolute atomic E-state index is 0.139. The molecule has 0 aliphatic carbocycles. The first-order valence-electron chi connectivity index (χ1n) is 12.3. The molecule has 0 spiro atoms. The summed E-state index contributed by atoms with van der Waals surface area (Å²) in [4.78, 5) is 35.3. The Morgan fingerprint density at radius 2 is 1.84 bits per heavy atom. The Balaban J connectivity index is 1.21. The topological polar surface area (TPSA) is 96.4 Å². The SMILES string of the molecule is CC1Oc2cc(N3CCCC3=O)ccc2-c2cnc(Nc3cncc(NC(=O)c4ccc(F)cc4)c3)cc21. The van der Waals surface area contributed by atoms with E-state index in [0.717, 1.165) is 41.1 Å². The Morgan fingerprint density at radius 1 is 1.03 bits per heavy atom. The van der Waals surface area contributed by atoms with Crippen LogP contribution in [-0.2, 0) is 4.79 Å². The molecular formula is C29H24FN5O3. The van der Waals surface area contributed by atoms with Gasteiger partial charge in [0.15, 0.2) is 0 Å². The fourth-order valence-electron chi connectivity index (χ4n) is 4.80. The van der Waals surface area contributed by atoms with E-state index in [0.29, 0.717) is 29.2 Å². The van der Waals surface area contributed by atoms with E-state index in [4.69, 9.17) is 4.74 Å². The molecule has 1 fully saturated rings. The van der Waals surface area contributed by atoms with Crippen molar-refractivity contribution >= 4 is 34.7 Å². The molecule has 9 heteroatoms. The van der Waals surface area contributed by atoms with Gasteiger partial charge in [0.2, 0.25) is 5.91 Å². The van der Waals surface area contributed by atoms with Crippen molar-refractivity contribution in [1.29, 1.82) is 0 Å². The van der Waals surface area contributed by atoms with E-state index in [9.17, 15) is 14.0 Å². The smallest absolute Gasteiger partial charge is 0.255 e. The molecule has 2 aliphatic heterocycles. The van der Waals surface area contributed by atoms with Crippen LogP contribution in [0.4, 0.5) is 27.3 Å². The molecule has 0 radical (unpaired) electrons. The van der Waals surface area contributed by atoms with E-state index < -0.39 is 5.82 Å². The van der Waals surface area contributed by atoms with Crippen molar-refractivity contribution in [2.45, 2.75) is 25.9 Å². The Hall–Kier alpha value is -4.79. The molecule has 0 saturated carbocycles. The number of rotatable bonds is 5. The number of carbonyl (C=O) groups excluding carboxylic acids is 2. The van der Waals surface area contributed by atoms with Gasteiger partial charge in [0, 0.05) is 53.2 Å². The Labute approximate surface area is 218 Å². The molecule has 2 N–H and O–H groups in total. The lowest BCUT2D eigenvalue weighted by atomic mass is 9.94. The first kappa shape index (κ1) is 23.6. The number of anilines is 4. The number of pyridine rings is 2. The largest absolute Gasteiger partial charge is 0.485 e. The molecule has 2 aliphatic rings. The molecule has 6 rings (SSSR count). The lowest BCUT2D eigenvalue weighted by Crippen LogP contribution is -2.24. The van der Waals surface area contributed by atoms with Crippen molar-refractivity contribution < 1.29 is 18.7 Å². The van der Waals surface area contributed by atoms with Crippen LogP contribution in [0.15, 0.2) is 73.2 Å². The summed E-state index contributed by atoms with van der Waals surface area (Å²) in [5.74, 6) is 0.709. The van der Waals surface area contributed by atoms with Crippen LogP contribution in [0.3, 0.4) is 0 Å². The third-order valence-corrected chi connectivity index (χ3v) is 6.69. The number of aromatic nitrogens is 2. The van der Waals surface area contributed by atoms with Crippen molar-refractivity contribution in [2.75, 3.05) is 22.1 Å². The quantitative estimate of drug-likeness (QED) is 0.350. The van der Waals surface area contributed by atoms with Gasteiger partial charge in [0.1, 0.15) is 23.5 Å². The van der Waals surface area contributed by atoms with E-state index in [2.05, 4.69) is 20.6 Å². The number of halogens is 1. The van der Waals surface area contributed by atoms with E-state index in [-0.39, 0.29) is 17.9 Å². The van der Waals surface area contributed by atoms with Gasteiger partial charge < -0.3 is 20.3 Å². The van der Waals surface area contributed by atoms with E-state index in [1.54, 1.807) is 17.2 Å². The van der Waals surface area contributed by atoms with Crippen LogP contribution in [0.2, 0.25) is 0 Å². The van der Waals surface area contributed by atoms with Crippen molar-refractivity contribution in [3.8, 4) is 16.9 Å². The van der Waals surface area contributed by atoms with Crippen molar-refractivity contribution in [3.63, 3.8) is 0 Å². The molecule has 4 heterocycles. The maximum atomic E-state index is 13.1. The highest BCUT2D eigenvalue weighted by atomic mass is 19.1. The summed E-state index contributed by atoms with van der Waals surface area (Å²) in [6, 6.07) is 14.9. The molecule has 2 aromatic carbocycles. The van der Waals surface area contributed by atoms with Gasteiger partial charge in [-0.05, 0) is 61.9 Å².